The molecule has 29 heavy (non-hydrogen) atoms. The molecule has 0 spiro atoms. The first-order valence-electron chi connectivity index (χ1n) is 10.3. The Morgan fingerprint density at radius 3 is 2.34 bits per heavy atom. The Bertz CT molecular complexity index is 764. The van der Waals surface area contributed by atoms with Gasteiger partial charge in [0.2, 0.25) is 0 Å². The van der Waals surface area contributed by atoms with Crippen molar-refractivity contribution in [1.82, 2.24) is 4.90 Å². The third-order valence-corrected chi connectivity index (χ3v) is 5.41. The molecule has 6 heteroatoms. The van der Waals surface area contributed by atoms with Gasteiger partial charge in [-0.25, -0.2) is 8.78 Å². The Morgan fingerprint density at radius 1 is 1.00 bits per heavy atom. The molecule has 1 unspecified atom stereocenters. The minimum absolute atomic E-state index is 0.0643. The lowest BCUT2D eigenvalue weighted by molar-refractivity contribution is 0.0288. The molecule has 4 rings (SSSR count). The highest BCUT2D eigenvalue weighted by Crippen LogP contribution is 2.30. The minimum Gasteiger partial charge on any atom is -0.373 e. The van der Waals surface area contributed by atoms with E-state index in [1.807, 2.05) is 25.1 Å². The topological polar surface area (TPSA) is 15.7 Å². The SMILES string of the molecule is CCBr.Fc1ccc(N2CCN(CCC3OCCc4cc(F)ccc43)CC2)cc1. The summed E-state index contributed by atoms with van der Waals surface area (Å²) in [7, 11) is 0. The van der Waals surface area contributed by atoms with Gasteiger partial charge in [0, 0.05) is 43.7 Å². The fourth-order valence-electron chi connectivity index (χ4n) is 3.93. The highest BCUT2D eigenvalue weighted by atomic mass is 79.9. The second kappa shape index (κ2) is 11.0. The van der Waals surface area contributed by atoms with Crippen LogP contribution in [0.15, 0.2) is 42.5 Å². The highest BCUT2D eigenvalue weighted by molar-refractivity contribution is 9.09. The highest BCUT2D eigenvalue weighted by Gasteiger charge is 2.23. The monoisotopic (exact) mass is 466 g/mol. The molecule has 2 heterocycles. The van der Waals surface area contributed by atoms with Crippen LogP contribution in [-0.2, 0) is 11.2 Å². The number of rotatable bonds is 4. The molecule has 1 saturated heterocycles. The summed E-state index contributed by atoms with van der Waals surface area (Å²) in [6.45, 7) is 7.54. The molecule has 3 nitrogen and oxygen atoms in total. The van der Waals surface area contributed by atoms with E-state index in [1.54, 1.807) is 6.07 Å². The number of benzene rings is 2. The van der Waals surface area contributed by atoms with Gasteiger partial charge in [-0.3, -0.25) is 4.90 Å². The van der Waals surface area contributed by atoms with Crippen LogP contribution in [0.5, 0.6) is 0 Å². The second-order valence-corrected chi connectivity index (χ2v) is 8.44. The first kappa shape index (κ1) is 22.2. The van der Waals surface area contributed by atoms with Crippen molar-refractivity contribution in [2.45, 2.75) is 25.9 Å². The van der Waals surface area contributed by atoms with Crippen molar-refractivity contribution in [3.63, 3.8) is 0 Å². The van der Waals surface area contributed by atoms with Crippen molar-refractivity contribution in [3.8, 4) is 0 Å². The van der Waals surface area contributed by atoms with Gasteiger partial charge in [0.25, 0.3) is 0 Å². The smallest absolute Gasteiger partial charge is 0.123 e. The molecule has 0 aromatic heterocycles. The predicted molar refractivity (Wildman–Crippen MR) is 118 cm³/mol. The average molecular weight is 467 g/mol. The van der Waals surface area contributed by atoms with Crippen LogP contribution >= 0.6 is 15.9 Å². The number of ether oxygens (including phenoxy) is 1. The maximum Gasteiger partial charge on any atom is 0.123 e. The van der Waals surface area contributed by atoms with Gasteiger partial charge < -0.3 is 9.64 Å². The van der Waals surface area contributed by atoms with Gasteiger partial charge in [-0.2, -0.15) is 0 Å². The summed E-state index contributed by atoms with van der Waals surface area (Å²) in [6.07, 6.45) is 1.78. The Labute approximate surface area is 180 Å². The van der Waals surface area contributed by atoms with Gasteiger partial charge in [0.15, 0.2) is 0 Å². The molecule has 0 saturated carbocycles. The van der Waals surface area contributed by atoms with E-state index in [9.17, 15) is 8.78 Å². The van der Waals surface area contributed by atoms with E-state index in [0.717, 1.165) is 67.7 Å². The molecule has 1 fully saturated rings. The Balaban J connectivity index is 0.000000755. The van der Waals surface area contributed by atoms with E-state index in [-0.39, 0.29) is 17.7 Å². The van der Waals surface area contributed by atoms with Crippen LogP contribution in [0, 0.1) is 11.6 Å². The molecule has 0 bridgehead atoms. The van der Waals surface area contributed by atoms with Crippen molar-refractivity contribution in [2.24, 2.45) is 0 Å². The number of hydrogen-bond acceptors (Lipinski definition) is 3. The number of anilines is 1. The second-order valence-electron chi connectivity index (χ2n) is 7.31. The molecule has 2 aromatic carbocycles. The van der Waals surface area contributed by atoms with E-state index >= 15 is 0 Å². The number of nitrogens with zero attached hydrogens (tertiary/aromatic N) is 2. The van der Waals surface area contributed by atoms with Gasteiger partial charge in [0.05, 0.1) is 12.7 Å². The molecular formula is C23H29BrF2N2O. The Hall–Kier alpha value is -1.50. The molecule has 0 aliphatic carbocycles. The first-order chi connectivity index (χ1) is 14.1. The van der Waals surface area contributed by atoms with Gasteiger partial charge in [-0.05, 0) is 60.4 Å². The summed E-state index contributed by atoms with van der Waals surface area (Å²) in [5, 5.41) is 1.06. The molecule has 158 valence electrons. The normalized spacial score (nSPS) is 19.3. The lowest BCUT2D eigenvalue weighted by Gasteiger charge is -2.37. The number of halogens is 3. The number of piperazine rings is 1. The lowest BCUT2D eigenvalue weighted by Crippen LogP contribution is -2.46. The van der Waals surface area contributed by atoms with Gasteiger partial charge >= 0.3 is 0 Å². The zero-order valence-electron chi connectivity index (χ0n) is 16.9. The molecule has 2 aromatic rings. The summed E-state index contributed by atoms with van der Waals surface area (Å²) in [6, 6.07) is 11.8. The Morgan fingerprint density at radius 2 is 1.66 bits per heavy atom. The van der Waals surface area contributed by atoms with E-state index < -0.39 is 0 Å². The molecule has 1 atom stereocenters. The number of alkyl halides is 1. The third kappa shape index (κ3) is 6.24. The van der Waals surface area contributed by atoms with Crippen LogP contribution in [0.4, 0.5) is 14.5 Å². The van der Waals surface area contributed by atoms with Gasteiger partial charge in [-0.1, -0.05) is 28.9 Å². The molecule has 2 aliphatic rings. The molecule has 0 amide bonds. The van der Waals surface area contributed by atoms with E-state index in [2.05, 4.69) is 25.7 Å². The van der Waals surface area contributed by atoms with Crippen molar-refractivity contribution in [2.75, 3.05) is 49.6 Å². The maximum absolute atomic E-state index is 13.4. The minimum atomic E-state index is -0.194. The van der Waals surface area contributed by atoms with Gasteiger partial charge in [0.1, 0.15) is 11.6 Å². The lowest BCUT2D eigenvalue weighted by atomic mass is 9.95. The number of hydrogen-bond donors (Lipinski definition) is 0. The van der Waals surface area contributed by atoms with Crippen LogP contribution in [0.3, 0.4) is 0 Å². The average Bonchev–Trinajstić information content (AvgIpc) is 2.73. The molecule has 0 N–H and O–H groups in total. The van der Waals surface area contributed by atoms with Crippen LogP contribution < -0.4 is 4.90 Å². The zero-order valence-corrected chi connectivity index (χ0v) is 18.5. The standard InChI is InChI=1S/C21H24F2N2O.C2H5Br/c22-17-1-4-19(5-2-17)25-12-10-24(11-13-25)9-7-21-20-6-3-18(23)15-16(20)8-14-26-21;1-2-3/h1-6,15,21H,7-14H2;2H2,1H3. The van der Waals surface area contributed by atoms with E-state index in [4.69, 9.17) is 4.74 Å². The third-order valence-electron chi connectivity index (χ3n) is 5.41. The molecule has 0 radical (unpaired) electrons. The summed E-state index contributed by atoms with van der Waals surface area (Å²) >= 11 is 3.15. The quantitative estimate of drug-likeness (QED) is 0.576. The van der Waals surface area contributed by atoms with Crippen LogP contribution in [0.25, 0.3) is 0 Å². The fraction of sp³-hybridized carbons (Fsp3) is 0.478. The largest absolute Gasteiger partial charge is 0.373 e. The summed E-state index contributed by atoms with van der Waals surface area (Å²) in [4.78, 5) is 4.74. The fourth-order valence-corrected chi connectivity index (χ4v) is 3.93. The summed E-state index contributed by atoms with van der Waals surface area (Å²) in [5.74, 6) is -0.360. The maximum atomic E-state index is 13.4. The van der Waals surface area contributed by atoms with Crippen LogP contribution in [-0.4, -0.2) is 49.6 Å². The van der Waals surface area contributed by atoms with Crippen molar-refractivity contribution < 1.29 is 13.5 Å². The predicted octanol–water partition coefficient (Wildman–Crippen LogP) is 5.19. The first-order valence-corrected chi connectivity index (χ1v) is 11.4. The van der Waals surface area contributed by atoms with Gasteiger partial charge in [-0.15, -0.1) is 0 Å². The Kier molecular flexibility index (Phi) is 8.45. The van der Waals surface area contributed by atoms with E-state index in [0.29, 0.717) is 6.61 Å². The van der Waals surface area contributed by atoms with Crippen molar-refractivity contribution in [3.05, 3.63) is 65.2 Å². The summed E-state index contributed by atoms with van der Waals surface area (Å²) < 4.78 is 32.4. The van der Waals surface area contributed by atoms with Crippen molar-refractivity contribution in [1.29, 1.82) is 0 Å². The van der Waals surface area contributed by atoms with Crippen LogP contribution in [0.2, 0.25) is 0 Å². The summed E-state index contributed by atoms with van der Waals surface area (Å²) in [5.41, 5.74) is 3.31. The van der Waals surface area contributed by atoms with E-state index in [1.165, 1.54) is 18.2 Å². The molecular weight excluding hydrogens is 438 g/mol. The zero-order chi connectivity index (χ0) is 20.6. The van der Waals surface area contributed by atoms with Crippen molar-refractivity contribution >= 4 is 21.6 Å². The number of fused-ring (bicyclic) bond motifs is 1. The molecule has 2 aliphatic heterocycles. The van der Waals surface area contributed by atoms with Crippen LogP contribution in [0.1, 0.15) is 30.6 Å².